The predicted octanol–water partition coefficient (Wildman–Crippen LogP) is 4.33. The van der Waals surface area contributed by atoms with Crippen LogP contribution in [0.5, 0.6) is 0 Å². The van der Waals surface area contributed by atoms with Crippen molar-refractivity contribution in [1.29, 1.82) is 0 Å². The lowest BCUT2D eigenvalue weighted by Gasteiger charge is -2.60. The van der Waals surface area contributed by atoms with E-state index in [1.54, 1.807) is 0 Å². The van der Waals surface area contributed by atoms with Crippen molar-refractivity contribution in [2.45, 2.75) is 76.1 Å². The fraction of sp³-hybridized carbons (Fsp3) is 0.947. The second-order valence-corrected chi connectivity index (χ2v) is 10.2. The molecular weight excluding hydrogens is 340 g/mol. The van der Waals surface area contributed by atoms with Gasteiger partial charge in [0, 0.05) is 5.41 Å². The summed E-state index contributed by atoms with van der Waals surface area (Å²) >= 11 is 3.62. The Labute approximate surface area is 142 Å². The molecule has 0 spiro atoms. The van der Waals surface area contributed by atoms with Gasteiger partial charge >= 0.3 is 0 Å². The first-order valence-electron chi connectivity index (χ1n) is 9.24. The SMILES string of the molecule is C[C@]12CCCCC1CC(O)[C@@H]1[C@H]2CC[C@]2(C)C(=O)C(Br)C[C@@H]12. The van der Waals surface area contributed by atoms with E-state index >= 15 is 0 Å². The molecule has 4 aliphatic rings. The standard InChI is InChI=1S/C19H29BrO2/c1-18-7-4-3-5-11(18)9-15(21)16-12(18)6-8-19(2)13(16)10-14(20)17(19)22/h11-16,21H,3-10H2,1-2H3/t11?,12-,13+,14?,15?,16-,18+,19+/m1/s1. The highest BCUT2D eigenvalue weighted by Gasteiger charge is 2.63. The van der Waals surface area contributed by atoms with Gasteiger partial charge < -0.3 is 5.11 Å². The summed E-state index contributed by atoms with van der Waals surface area (Å²) in [5.41, 5.74) is 0.227. The van der Waals surface area contributed by atoms with Crippen LogP contribution >= 0.6 is 15.9 Å². The number of halogens is 1. The number of carbonyl (C=O) groups is 1. The molecule has 0 radical (unpaired) electrons. The van der Waals surface area contributed by atoms with Crippen molar-refractivity contribution in [2.75, 3.05) is 0 Å². The van der Waals surface area contributed by atoms with E-state index in [4.69, 9.17) is 0 Å². The Morgan fingerprint density at radius 1 is 1.09 bits per heavy atom. The lowest BCUT2D eigenvalue weighted by atomic mass is 9.44. The third kappa shape index (κ3) is 1.90. The van der Waals surface area contributed by atoms with Gasteiger partial charge in [0.15, 0.2) is 5.78 Å². The zero-order chi connectivity index (χ0) is 15.7. The molecule has 0 aromatic rings. The van der Waals surface area contributed by atoms with Crippen LogP contribution in [0, 0.1) is 34.5 Å². The average Bonchev–Trinajstić information content (AvgIpc) is 2.71. The minimum atomic E-state index is -0.186. The Kier molecular flexibility index (Phi) is 3.59. The van der Waals surface area contributed by atoms with Gasteiger partial charge in [-0.2, -0.15) is 0 Å². The maximum atomic E-state index is 12.7. The molecule has 8 atom stereocenters. The molecule has 3 heteroatoms. The van der Waals surface area contributed by atoms with Gasteiger partial charge in [0.25, 0.3) is 0 Å². The first kappa shape index (κ1) is 15.6. The average molecular weight is 369 g/mol. The molecule has 124 valence electrons. The van der Waals surface area contributed by atoms with Crippen molar-refractivity contribution in [2.24, 2.45) is 34.5 Å². The summed E-state index contributed by atoms with van der Waals surface area (Å²) < 4.78 is 0. The number of carbonyl (C=O) groups excluding carboxylic acids is 1. The quantitative estimate of drug-likeness (QED) is 0.646. The van der Waals surface area contributed by atoms with Crippen LogP contribution in [0.4, 0.5) is 0 Å². The number of ketones is 1. The van der Waals surface area contributed by atoms with Gasteiger partial charge in [-0.3, -0.25) is 4.79 Å². The smallest absolute Gasteiger partial charge is 0.152 e. The number of hydrogen-bond acceptors (Lipinski definition) is 2. The van der Waals surface area contributed by atoms with Crippen molar-refractivity contribution < 1.29 is 9.90 Å². The third-order valence-electron chi connectivity index (χ3n) is 8.30. The topological polar surface area (TPSA) is 37.3 Å². The molecule has 0 saturated heterocycles. The highest BCUT2D eigenvalue weighted by molar-refractivity contribution is 9.10. The van der Waals surface area contributed by atoms with Crippen molar-refractivity contribution in [3.05, 3.63) is 0 Å². The van der Waals surface area contributed by atoms with Crippen LogP contribution in [0.15, 0.2) is 0 Å². The van der Waals surface area contributed by atoms with E-state index in [0.717, 1.165) is 25.7 Å². The van der Waals surface area contributed by atoms with Gasteiger partial charge in [-0.1, -0.05) is 42.6 Å². The number of Topliss-reactive ketones (excluding diaryl/α,β-unsaturated/α-hetero) is 1. The molecule has 3 unspecified atom stereocenters. The Morgan fingerprint density at radius 2 is 1.86 bits per heavy atom. The number of aliphatic hydroxyl groups excluding tert-OH is 1. The Hall–Kier alpha value is 0.110. The summed E-state index contributed by atoms with van der Waals surface area (Å²) in [7, 11) is 0. The van der Waals surface area contributed by atoms with Crippen molar-refractivity contribution in [1.82, 2.24) is 0 Å². The van der Waals surface area contributed by atoms with Crippen molar-refractivity contribution in [3.8, 4) is 0 Å². The van der Waals surface area contributed by atoms with Gasteiger partial charge in [0.1, 0.15) is 0 Å². The summed E-state index contributed by atoms with van der Waals surface area (Å²) in [4.78, 5) is 12.7. The third-order valence-corrected chi connectivity index (χ3v) is 9.09. The molecule has 1 N–H and O–H groups in total. The molecule has 0 bridgehead atoms. The first-order valence-corrected chi connectivity index (χ1v) is 10.2. The molecule has 22 heavy (non-hydrogen) atoms. The van der Waals surface area contributed by atoms with Crippen LogP contribution in [0.2, 0.25) is 0 Å². The number of aliphatic hydroxyl groups is 1. The highest BCUT2D eigenvalue weighted by Crippen LogP contribution is 2.65. The fourth-order valence-corrected chi connectivity index (χ4v) is 7.94. The van der Waals surface area contributed by atoms with E-state index in [-0.39, 0.29) is 16.3 Å². The van der Waals surface area contributed by atoms with E-state index in [9.17, 15) is 9.90 Å². The molecule has 2 nitrogen and oxygen atoms in total. The molecule has 0 aromatic heterocycles. The summed E-state index contributed by atoms with van der Waals surface area (Å²) in [5.74, 6) is 2.48. The van der Waals surface area contributed by atoms with E-state index < -0.39 is 0 Å². The summed E-state index contributed by atoms with van der Waals surface area (Å²) in [6, 6.07) is 0. The Morgan fingerprint density at radius 3 is 2.64 bits per heavy atom. The van der Waals surface area contributed by atoms with Gasteiger partial charge in [0.05, 0.1) is 10.9 Å². The minimum Gasteiger partial charge on any atom is -0.393 e. The van der Waals surface area contributed by atoms with Gasteiger partial charge in [-0.25, -0.2) is 0 Å². The zero-order valence-electron chi connectivity index (χ0n) is 13.9. The second kappa shape index (κ2) is 5.05. The molecule has 0 amide bonds. The highest BCUT2D eigenvalue weighted by atomic mass is 79.9. The lowest BCUT2D eigenvalue weighted by molar-refractivity contribution is -0.163. The Balaban J connectivity index is 1.71. The van der Waals surface area contributed by atoms with Gasteiger partial charge in [-0.15, -0.1) is 0 Å². The summed E-state index contributed by atoms with van der Waals surface area (Å²) in [6.45, 7) is 4.69. The van der Waals surface area contributed by atoms with Gasteiger partial charge in [-0.05, 0) is 67.6 Å². The summed E-state index contributed by atoms with van der Waals surface area (Å²) in [6.07, 6.45) is 9.25. The van der Waals surface area contributed by atoms with Crippen LogP contribution in [-0.2, 0) is 4.79 Å². The first-order chi connectivity index (χ1) is 10.4. The predicted molar refractivity (Wildman–Crippen MR) is 90.8 cm³/mol. The van der Waals surface area contributed by atoms with Crippen LogP contribution in [-0.4, -0.2) is 21.8 Å². The molecule has 0 aromatic carbocycles. The van der Waals surface area contributed by atoms with E-state index in [1.165, 1.54) is 25.7 Å². The van der Waals surface area contributed by atoms with E-state index in [1.807, 2.05) is 0 Å². The van der Waals surface area contributed by atoms with Crippen molar-refractivity contribution >= 4 is 21.7 Å². The normalized spacial score (nSPS) is 57.9. The van der Waals surface area contributed by atoms with Crippen LogP contribution in [0.3, 0.4) is 0 Å². The number of fused-ring (bicyclic) bond motifs is 5. The molecule has 4 aliphatic carbocycles. The lowest BCUT2D eigenvalue weighted by Crippen LogP contribution is -2.57. The maximum Gasteiger partial charge on any atom is 0.152 e. The van der Waals surface area contributed by atoms with Crippen LogP contribution in [0.25, 0.3) is 0 Å². The largest absolute Gasteiger partial charge is 0.393 e. The van der Waals surface area contributed by atoms with Gasteiger partial charge in [0.2, 0.25) is 0 Å². The maximum absolute atomic E-state index is 12.7. The van der Waals surface area contributed by atoms with Crippen LogP contribution in [0.1, 0.15) is 65.2 Å². The minimum absolute atomic E-state index is 0.0188. The fourth-order valence-electron chi connectivity index (χ4n) is 7.01. The molecule has 4 rings (SSSR count). The monoisotopic (exact) mass is 368 g/mol. The summed E-state index contributed by atoms with van der Waals surface area (Å²) in [5, 5.41) is 11.0. The molecule has 0 aliphatic heterocycles. The number of rotatable bonds is 0. The van der Waals surface area contributed by atoms with E-state index in [2.05, 4.69) is 29.8 Å². The van der Waals surface area contributed by atoms with Crippen LogP contribution < -0.4 is 0 Å². The molecule has 4 saturated carbocycles. The molecular formula is C19H29BrO2. The molecule has 0 heterocycles. The zero-order valence-corrected chi connectivity index (χ0v) is 15.4. The molecule has 4 fully saturated rings. The number of hydrogen-bond donors (Lipinski definition) is 1. The number of alkyl halides is 1. The van der Waals surface area contributed by atoms with Crippen molar-refractivity contribution in [3.63, 3.8) is 0 Å². The second-order valence-electron chi connectivity index (χ2n) is 9.07. The van der Waals surface area contributed by atoms with E-state index in [0.29, 0.717) is 34.9 Å². The Bertz CT molecular complexity index is 492.